The summed E-state index contributed by atoms with van der Waals surface area (Å²) < 4.78 is 0. The highest BCUT2D eigenvalue weighted by atomic mass is 16.4. The second-order valence-corrected chi connectivity index (χ2v) is 4.33. The molecule has 0 aromatic heterocycles. The molecule has 0 saturated carbocycles. The number of carbonyl (C=O) groups is 2. The van der Waals surface area contributed by atoms with Crippen LogP contribution in [0, 0.1) is 0 Å². The van der Waals surface area contributed by atoms with E-state index in [1.165, 1.54) is 0 Å². The zero-order chi connectivity index (χ0) is 14.8. The van der Waals surface area contributed by atoms with E-state index in [9.17, 15) is 9.59 Å². The van der Waals surface area contributed by atoms with Crippen LogP contribution < -0.4 is 11.1 Å². The SMILES string of the molecule is NCCC1=C(C(=O)NCCCC(=O)O)/C=C\C=C/C=C\1. The first-order chi connectivity index (χ1) is 9.65. The lowest BCUT2D eigenvalue weighted by molar-refractivity contribution is -0.137. The zero-order valence-electron chi connectivity index (χ0n) is 11.3. The van der Waals surface area contributed by atoms with Crippen LogP contribution in [0.2, 0.25) is 0 Å². The Kier molecular flexibility index (Phi) is 7.06. The Morgan fingerprint density at radius 1 is 1.15 bits per heavy atom. The fraction of sp³-hybridized carbons (Fsp3) is 0.333. The van der Waals surface area contributed by atoms with Crippen molar-refractivity contribution in [2.24, 2.45) is 5.73 Å². The van der Waals surface area contributed by atoms with E-state index in [2.05, 4.69) is 5.32 Å². The molecule has 1 amide bonds. The molecular weight excluding hydrogens is 256 g/mol. The Hall–Kier alpha value is -2.14. The van der Waals surface area contributed by atoms with Crippen molar-refractivity contribution in [2.45, 2.75) is 19.3 Å². The van der Waals surface area contributed by atoms with E-state index >= 15 is 0 Å². The van der Waals surface area contributed by atoms with Crippen molar-refractivity contribution in [1.29, 1.82) is 0 Å². The highest BCUT2D eigenvalue weighted by molar-refractivity contribution is 5.97. The van der Waals surface area contributed by atoms with Crippen LogP contribution in [-0.4, -0.2) is 30.1 Å². The molecule has 0 aromatic rings. The van der Waals surface area contributed by atoms with Gasteiger partial charge in [0.15, 0.2) is 0 Å². The van der Waals surface area contributed by atoms with Crippen molar-refractivity contribution in [3.05, 3.63) is 47.6 Å². The van der Waals surface area contributed by atoms with Crippen molar-refractivity contribution in [3.8, 4) is 0 Å². The summed E-state index contributed by atoms with van der Waals surface area (Å²) >= 11 is 0. The Balaban J connectivity index is 2.69. The van der Waals surface area contributed by atoms with Crippen LogP contribution >= 0.6 is 0 Å². The standard InChI is InChI=1S/C15H20N2O3/c16-10-9-12-6-3-1-2-4-7-13(12)15(20)17-11-5-8-14(18)19/h1-4,6-7H,5,8-11,16H2,(H,17,20)(H,18,19)/b2-1-,3-1?,4-2?,6-3-,7-4-,12-6?,13-7?,13-12-. The predicted octanol–water partition coefficient (Wildman–Crippen LogP) is 1.30. The predicted molar refractivity (Wildman–Crippen MR) is 78.0 cm³/mol. The number of carboxylic acids is 1. The van der Waals surface area contributed by atoms with Gasteiger partial charge in [0.05, 0.1) is 0 Å². The maximum atomic E-state index is 12.1. The normalized spacial score (nSPS) is 22.4. The van der Waals surface area contributed by atoms with Gasteiger partial charge in [0.25, 0.3) is 5.91 Å². The van der Waals surface area contributed by atoms with E-state index in [0.29, 0.717) is 31.5 Å². The van der Waals surface area contributed by atoms with Crippen molar-refractivity contribution in [1.82, 2.24) is 5.32 Å². The highest BCUT2D eigenvalue weighted by Gasteiger charge is 2.11. The molecule has 5 nitrogen and oxygen atoms in total. The Morgan fingerprint density at radius 3 is 2.50 bits per heavy atom. The molecule has 1 rings (SSSR count). The molecule has 0 bridgehead atoms. The van der Waals surface area contributed by atoms with Crippen molar-refractivity contribution < 1.29 is 14.7 Å². The van der Waals surface area contributed by atoms with Gasteiger partial charge in [-0.05, 0) is 31.0 Å². The van der Waals surface area contributed by atoms with Gasteiger partial charge in [0.1, 0.15) is 0 Å². The molecule has 108 valence electrons. The summed E-state index contributed by atoms with van der Waals surface area (Å²) in [5.74, 6) is -1.06. The van der Waals surface area contributed by atoms with E-state index in [1.807, 2.05) is 24.3 Å². The molecule has 0 aromatic carbocycles. The van der Waals surface area contributed by atoms with Gasteiger partial charge in [-0.1, -0.05) is 30.4 Å². The van der Waals surface area contributed by atoms with Gasteiger partial charge < -0.3 is 16.2 Å². The number of nitrogens with two attached hydrogens (primary N) is 1. The first-order valence-electron chi connectivity index (χ1n) is 6.59. The van der Waals surface area contributed by atoms with Gasteiger partial charge in [-0.15, -0.1) is 0 Å². The van der Waals surface area contributed by atoms with Crippen LogP contribution in [0.15, 0.2) is 47.6 Å². The quantitative estimate of drug-likeness (QED) is 0.611. The molecule has 0 unspecified atom stereocenters. The summed E-state index contributed by atoms with van der Waals surface area (Å²) in [6.45, 7) is 0.810. The summed E-state index contributed by atoms with van der Waals surface area (Å²) in [5.41, 5.74) is 7.01. The minimum absolute atomic E-state index is 0.0491. The van der Waals surface area contributed by atoms with Crippen molar-refractivity contribution in [2.75, 3.05) is 13.1 Å². The molecule has 1 aliphatic rings. The zero-order valence-corrected chi connectivity index (χ0v) is 11.3. The minimum Gasteiger partial charge on any atom is -0.481 e. The number of carboxylic acid groups (broad SMARTS) is 1. The van der Waals surface area contributed by atoms with E-state index in [1.54, 1.807) is 12.2 Å². The van der Waals surface area contributed by atoms with Crippen LogP contribution in [-0.2, 0) is 9.59 Å². The van der Waals surface area contributed by atoms with Gasteiger partial charge in [0, 0.05) is 18.5 Å². The number of allylic oxidation sites excluding steroid dienone is 5. The maximum absolute atomic E-state index is 12.1. The molecule has 0 saturated heterocycles. The molecule has 4 N–H and O–H groups in total. The Morgan fingerprint density at radius 2 is 1.85 bits per heavy atom. The van der Waals surface area contributed by atoms with Crippen LogP contribution in [0.3, 0.4) is 0 Å². The first-order valence-corrected chi connectivity index (χ1v) is 6.59. The Bertz CT molecular complexity index is 474. The van der Waals surface area contributed by atoms with Gasteiger partial charge in [-0.3, -0.25) is 9.59 Å². The van der Waals surface area contributed by atoms with Crippen LogP contribution in [0.4, 0.5) is 0 Å². The molecule has 0 radical (unpaired) electrons. The molecule has 0 heterocycles. The van der Waals surface area contributed by atoms with E-state index < -0.39 is 5.97 Å². The second-order valence-electron chi connectivity index (χ2n) is 4.33. The van der Waals surface area contributed by atoms with Gasteiger partial charge in [-0.2, -0.15) is 0 Å². The summed E-state index contributed by atoms with van der Waals surface area (Å²) in [6, 6.07) is 0. The number of nitrogens with one attached hydrogen (secondary N) is 1. The molecule has 0 aliphatic heterocycles. The largest absolute Gasteiger partial charge is 0.481 e. The number of hydrogen-bond acceptors (Lipinski definition) is 3. The van der Waals surface area contributed by atoms with E-state index in [-0.39, 0.29) is 12.3 Å². The molecule has 20 heavy (non-hydrogen) atoms. The van der Waals surface area contributed by atoms with Crippen molar-refractivity contribution in [3.63, 3.8) is 0 Å². The molecule has 0 fully saturated rings. The smallest absolute Gasteiger partial charge is 0.303 e. The molecular formula is C15H20N2O3. The van der Waals surface area contributed by atoms with Gasteiger partial charge in [-0.25, -0.2) is 0 Å². The number of rotatable bonds is 7. The van der Waals surface area contributed by atoms with E-state index in [4.69, 9.17) is 10.8 Å². The third-order valence-corrected chi connectivity index (χ3v) is 2.75. The minimum atomic E-state index is -0.860. The summed E-state index contributed by atoms with van der Waals surface area (Å²) in [6.07, 6.45) is 12.1. The van der Waals surface area contributed by atoms with Crippen LogP contribution in [0.5, 0.6) is 0 Å². The molecule has 0 spiro atoms. The lowest BCUT2D eigenvalue weighted by Crippen LogP contribution is -2.27. The number of amides is 1. The fourth-order valence-corrected chi connectivity index (χ4v) is 1.78. The number of aliphatic carboxylic acids is 1. The summed E-state index contributed by atoms with van der Waals surface area (Å²) in [4.78, 5) is 22.5. The Labute approximate surface area is 118 Å². The average Bonchev–Trinajstić information content (AvgIpc) is 2.38. The first kappa shape index (κ1) is 15.9. The van der Waals surface area contributed by atoms with Crippen molar-refractivity contribution >= 4 is 11.9 Å². The number of carbonyl (C=O) groups excluding carboxylic acids is 1. The third kappa shape index (κ3) is 5.67. The molecule has 5 heteroatoms. The monoisotopic (exact) mass is 276 g/mol. The maximum Gasteiger partial charge on any atom is 0.303 e. The van der Waals surface area contributed by atoms with Gasteiger partial charge >= 0.3 is 5.97 Å². The highest BCUT2D eigenvalue weighted by Crippen LogP contribution is 2.14. The fourth-order valence-electron chi connectivity index (χ4n) is 1.78. The topological polar surface area (TPSA) is 92.4 Å². The lowest BCUT2D eigenvalue weighted by atomic mass is 10.0. The lowest BCUT2D eigenvalue weighted by Gasteiger charge is -2.10. The summed E-state index contributed by atoms with van der Waals surface area (Å²) in [5, 5.41) is 11.3. The third-order valence-electron chi connectivity index (χ3n) is 2.75. The molecule has 1 aliphatic carbocycles. The number of hydrogen-bond donors (Lipinski definition) is 3. The summed E-state index contributed by atoms with van der Waals surface area (Å²) in [7, 11) is 0. The van der Waals surface area contributed by atoms with Crippen LogP contribution in [0.1, 0.15) is 19.3 Å². The molecule has 0 atom stereocenters. The van der Waals surface area contributed by atoms with Gasteiger partial charge in [0.2, 0.25) is 0 Å². The van der Waals surface area contributed by atoms with Crippen LogP contribution in [0.25, 0.3) is 0 Å². The second kappa shape index (κ2) is 8.87. The average molecular weight is 276 g/mol. The van der Waals surface area contributed by atoms with E-state index in [0.717, 1.165) is 5.57 Å².